The number of rotatable bonds is 6. The van der Waals surface area contributed by atoms with E-state index < -0.39 is 5.97 Å². The SMILES string of the molecule is CCc1nc(CN2CCC(CCC(=O)O)CC2)cs1. The van der Waals surface area contributed by atoms with Crippen molar-refractivity contribution in [3.05, 3.63) is 16.1 Å². The van der Waals surface area contributed by atoms with Gasteiger partial charge in [0, 0.05) is 18.3 Å². The van der Waals surface area contributed by atoms with Gasteiger partial charge in [0.05, 0.1) is 10.7 Å². The van der Waals surface area contributed by atoms with Crippen LogP contribution in [0.25, 0.3) is 0 Å². The minimum atomic E-state index is -0.669. The minimum absolute atomic E-state index is 0.316. The minimum Gasteiger partial charge on any atom is -0.481 e. The number of aryl methyl sites for hydroxylation is 1. The molecular formula is C14H22N2O2S. The molecule has 4 nitrogen and oxygen atoms in total. The smallest absolute Gasteiger partial charge is 0.303 e. The highest BCUT2D eigenvalue weighted by Gasteiger charge is 2.20. The molecule has 0 amide bonds. The quantitative estimate of drug-likeness (QED) is 0.871. The zero-order valence-electron chi connectivity index (χ0n) is 11.5. The Morgan fingerprint density at radius 2 is 2.26 bits per heavy atom. The zero-order valence-corrected chi connectivity index (χ0v) is 12.3. The number of hydrogen-bond acceptors (Lipinski definition) is 4. The monoisotopic (exact) mass is 282 g/mol. The van der Waals surface area contributed by atoms with Crippen LogP contribution < -0.4 is 0 Å². The van der Waals surface area contributed by atoms with Crippen molar-refractivity contribution in [2.75, 3.05) is 13.1 Å². The molecule has 0 spiro atoms. The highest BCUT2D eigenvalue weighted by molar-refractivity contribution is 7.09. The summed E-state index contributed by atoms with van der Waals surface area (Å²) in [6.45, 7) is 5.23. The van der Waals surface area contributed by atoms with Crippen LogP contribution in [-0.2, 0) is 17.8 Å². The molecule has 5 heteroatoms. The Balaban J connectivity index is 1.72. The number of likely N-dealkylation sites (tertiary alicyclic amines) is 1. The molecule has 0 saturated carbocycles. The van der Waals surface area contributed by atoms with Gasteiger partial charge in [0.15, 0.2) is 0 Å². The number of aromatic nitrogens is 1. The van der Waals surface area contributed by atoms with Crippen molar-refractivity contribution in [3.63, 3.8) is 0 Å². The van der Waals surface area contributed by atoms with E-state index >= 15 is 0 Å². The maximum Gasteiger partial charge on any atom is 0.303 e. The van der Waals surface area contributed by atoms with E-state index in [0.717, 1.165) is 45.3 Å². The summed E-state index contributed by atoms with van der Waals surface area (Å²) >= 11 is 1.75. The first-order valence-corrected chi connectivity index (χ1v) is 7.92. The van der Waals surface area contributed by atoms with Gasteiger partial charge in [-0.1, -0.05) is 6.92 Å². The summed E-state index contributed by atoms with van der Waals surface area (Å²) in [6.07, 6.45) is 4.41. The molecule has 1 fully saturated rings. The lowest BCUT2D eigenvalue weighted by Gasteiger charge is -2.31. The lowest BCUT2D eigenvalue weighted by molar-refractivity contribution is -0.137. The van der Waals surface area contributed by atoms with Crippen LogP contribution in [0.2, 0.25) is 0 Å². The van der Waals surface area contributed by atoms with Crippen LogP contribution in [0.3, 0.4) is 0 Å². The normalized spacial score (nSPS) is 17.7. The summed E-state index contributed by atoms with van der Waals surface area (Å²) in [6, 6.07) is 0. The van der Waals surface area contributed by atoms with Crippen molar-refractivity contribution in [2.45, 2.75) is 45.6 Å². The van der Waals surface area contributed by atoms with Crippen LogP contribution in [-0.4, -0.2) is 34.0 Å². The summed E-state index contributed by atoms with van der Waals surface area (Å²) in [7, 11) is 0. The molecule has 19 heavy (non-hydrogen) atoms. The van der Waals surface area contributed by atoms with Crippen LogP contribution in [0.15, 0.2) is 5.38 Å². The Morgan fingerprint density at radius 3 is 2.84 bits per heavy atom. The second-order valence-electron chi connectivity index (χ2n) is 5.24. The van der Waals surface area contributed by atoms with Gasteiger partial charge in [-0.2, -0.15) is 0 Å². The predicted octanol–water partition coefficient (Wildman–Crippen LogP) is 2.78. The van der Waals surface area contributed by atoms with Crippen molar-refractivity contribution in [3.8, 4) is 0 Å². The van der Waals surface area contributed by atoms with Gasteiger partial charge in [0.2, 0.25) is 0 Å². The molecular weight excluding hydrogens is 260 g/mol. The molecule has 1 aliphatic heterocycles. The fourth-order valence-corrected chi connectivity index (χ4v) is 3.31. The number of piperidine rings is 1. The maximum absolute atomic E-state index is 10.6. The topological polar surface area (TPSA) is 53.4 Å². The standard InChI is InChI=1S/C14H22N2O2S/c1-2-13-15-12(10-19-13)9-16-7-5-11(6-8-16)3-4-14(17)18/h10-11H,2-9H2,1H3,(H,17,18). The molecule has 0 aromatic carbocycles. The fraction of sp³-hybridized carbons (Fsp3) is 0.714. The number of carboxylic acid groups (broad SMARTS) is 1. The van der Waals surface area contributed by atoms with E-state index in [1.54, 1.807) is 11.3 Å². The Morgan fingerprint density at radius 1 is 1.53 bits per heavy atom. The largest absolute Gasteiger partial charge is 0.481 e. The highest BCUT2D eigenvalue weighted by atomic mass is 32.1. The number of carbonyl (C=O) groups is 1. The van der Waals surface area contributed by atoms with Gasteiger partial charge in [0.1, 0.15) is 0 Å². The Hall–Kier alpha value is -0.940. The van der Waals surface area contributed by atoms with Gasteiger partial charge < -0.3 is 5.11 Å². The van der Waals surface area contributed by atoms with Gasteiger partial charge >= 0.3 is 5.97 Å². The lowest BCUT2D eigenvalue weighted by Crippen LogP contribution is -2.33. The molecule has 0 unspecified atom stereocenters. The molecule has 1 aromatic heterocycles. The Labute approximate surface area is 118 Å². The lowest BCUT2D eigenvalue weighted by atomic mass is 9.92. The fourth-order valence-electron chi connectivity index (χ4n) is 2.57. The average molecular weight is 282 g/mol. The second-order valence-corrected chi connectivity index (χ2v) is 6.18. The van der Waals surface area contributed by atoms with E-state index in [1.165, 1.54) is 10.7 Å². The van der Waals surface area contributed by atoms with Gasteiger partial charge in [-0.25, -0.2) is 4.98 Å². The Bertz CT molecular complexity index is 411. The van der Waals surface area contributed by atoms with Gasteiger partial charge in [-0.05, 0) is 44.7 Å². The molecule has 0 bridgehead atoms. The van der Waals surface area contributed by atoms with E-state index in [1.807, 2.05) is 0 Å². The number of nitrogens with zero attached hydrogens (tertiary/aromatic N) is 2. The zero-order chi connectivity index (χ0) is 13.7. The van der Waals surface area contributed by atoms with Crippen LogP contribution >= 0.6 is 11.3 Å². The van der Waals surface area contributed by atoms with E-state index in [-0.39, 0.29) is 0 Å². The second kappa shape index (κ2) is 7.01. The van der Waals surface area contributed by atoms with Crippen LogP contribution in [0.4, 0.5) is 0 Å². The highest BCUT2D eigenvalue weighted by Crippen LogP contribution is 2.23. The first-order chi connectivity index (χ1) is 9.17. The first kappa shape index (κ1) is 14.5. The van der Waals surface area contributed by atoms with Crippen molar-refractivity contribution >= 4 is 17.3 Å². The average Bonchev–Trinajstić information content (AvgIpc) is 2.85. The van der Waals surface area contributed by atoms with Crippen LogP contribution in [0.5, 0.6) is 0 Å². The summed E-state index contributed by atoms with van der Waals surface area (Å²) in [4.78, 5) is 17.6. The molecule has 0 atom stereocenters. The first-order valence-electron chi connectivity index (χ1n) is 7.04. The van der Waals surface area contributed by atoms with Crippen molar-refractivity contribution in [2.24, 2.45) is 5.92 Å². The summed E-state index contributed by atoms with van der Waals surface area (Å²) in [5, 5.41) is 12.1. The summed E-state index contributed by atoms with van der Waals surface area (Å²) in [5.74, 6) is -0.0778. The summed E-state index contributed by atoms with van der Waals surface area (Å²) in [5.41, 5.74) is 1.19. The number of aliphatic carboxylic acids is 1. The third kappa shape index (κ3) is 4.58. The predicted molar refractivity (Wildman–Crippen MR) is 76.4 cm³/mol. The van der Waals surface area contributed by atoms with Crippen molar-refractivity contribution in [1.82, 2.24) is 9.88 Å². The maximum atomic E-state index is 10.6. The molecule has 2 heterocycles. The van der Waals surface area contributed by atoms with E-state index in [0.29, 0.717) is 12.3 Å². The third-order valence-corrected chi connectivity index (χ3v) is 4.80. The molecule has 1 aliphatic rings. The molecule has 1 N–H and O–H groups in total. The van der Waals surface area contributed by atoms with Crippen molar-refractivity contribution < 1.29 is 9.90 Å². The molecule has 106 valence electrons. The van der Waals surface area contributed by atoms with Gasteiger partial charge in [-0.3, -0.25) is 9.69 Å². The molecule has 2 rings (SSSR count). The van der Waals surface area contributed by atoms with Gasteiger partial charge in [0.25, 0.3) is 0 Å². The number of hydrogen-bond donors (Lipinski definition) is 1. The van der Waals surface area contributed by atoms with Crippen LogP contribution in [0.1, 0.15) is 43.3 Å². The number of thiazole rings is 1. The van der Waals surface area contributed by atoms with Crippen molar-refractivity contribution in [1.29, 1.82) is 0 Å². The Kier molecular flexibility index (Phi) is 5.34. The van der Waals surface area contributed by atoms with Crippen LogP contribution in [0, 0.1) is 5.92 Å². The number of carboxylic acids is 1. The summed E-state index contributed by atoms with van der Waals surface area (Å²) < 4.78 is 0. The molecule has 0 aliphatic carbocycles. The molecule has 1 saturated heterocycles. The van der Waals surface area contributed by atoms with E-state index in [2.05, 4.69) is 22.2 Å². The molecule has 1 aromatic rings. The van der Waals surface area contributed by atoms with E-state index in [4.69, 9.17) is 5.11 Å². The molecule has 0 radical (unpaired) electrons. The third-order valence-electron chi connectivity index (χ3n) is 3.76. The van der Waals surface area contributed by atoms with E-state index in [9.17, 15) is 4.79 Å². The van der Waals surface area contributed by atoms with Gasteiger partial charge in [-0.15, -0.1) is 11.3 Å².